The zero-order valence-corrected chi connectivity index (χ0v) is 9.54. The Hall–Kier alpha value is -2.11. The summed E-state index contributed by atoms with van der Waals surface area (Å²) in [5.74, 6) is -0.444. The van der Waals surface area contributed by atoms with E-state index in [-0.39, 0.29) is 6.61 Å². The molecule has 0 aromatic carbocycles. The maximum atomic E-state index is 11.3. The Morgan fingerprint density at radius 2 is 2.18 bits per heavy atom. The fourth-order valence-corrected chi connectivity index (χ4v) is 1.17. The molecule has 92 valence electrons. The van der Waals surface area contributed by atoms with Crippen LogP contribution in [-0.4, -0.2) is 22.5 Å². The second-order valence-corrected chi connectivity index (χ2v) is 3.62. The molecule has 0 saturated heterocycles. The van der Waals surface area contributed by atoms with Crippen molar-refractivity contribution in [3.8, 4) is 0 Å². The average Bonchev–Trinajstić information content (AvgIpc) is 2.26. The Morgan fingerprint density at radius 1 is 1.47 bits per heavy atom. The third-order valence-electron chi connectivity index (χ3n) is 2.07. The Balaban J connectivity index is 2.42. The zero-order chi connectivity index (χ0) is 12.8. The second kappa shape index (κ2) is 5.83. The van der Waals surface area contributed by atoms with Gasteiger partial charge in [0.2, 0.25) is 0 Å². The van der Waals surface area contributed by atoms with Gasteiger partial charge in [0.15, 0.2) is 0 Å². The van der Waals surface area contributed by atoms with E-state index in [9.17, 15) is 14.4 Å². The summed E-state index contributed by atoms with van der Waals surface area (Å²) in [6, 6.07) is 0. The van der Waals surface area contributed by atoms with Crippen LogP contribution in [0.25, 0.3) is 0 Å². The molecule has 1 aromatic heterocycles. The van der Waals surface area contributed by atoms with Gasteiger partial charge in [0.25, 0.3) is 5.56 Å². The molecule has 0 fully saturated rings. The summed E-state index contributed by atoms with van der Waals surface area (Å²) in [6.07, 6.45) is 2.30. The van der Waals surface area contributed by atoms with Crippen LogP contribution >= 0.6 is 0 Å². The molecule has 0 radical (unpaired) electrons. The maximum absolute atomic E-state index is 11.3. The summed E-state index contributed by atoms with van der Waals surface area (Å²) in [4.78, 5) is 37.5. The van der Waals surface area contributed by atoms with Gasteiger partial charge in [0.05, 0.1) is 6.61 Å². The van der Waals surface area contributed by atoms with Crippen LogP contribution in [0.3, 0.4) is 0 Å². The molecule has 6 heteroatoms. The molecule has 1 heterocycles. The Morgan fingerprint density at radius 3 is 2.76 bits per heavy atom. The molecule has 0 aliphatic heterocycles. The van der Waals surface area contributed by atoms with Crippen LogP contribution in [-0.2, 0) is 16.0 Å². The van der Waals surface area contributed by atoms with Crippen LogP contribution in [0, 0.1) is 0 Å². The molecule has 1 aromatic rings. The second-order valence-electron chi connectivity index (χ2n) is 3.62. The first-order valence-electron chi connectivity index (χ1n) is 5.14. The first-order chi connectivity index (χ1) is 8.00. The monoisotopic (exact) mass is 238 g/mol. The lowest BCUT2D eigenvalue weighted by atomic mass is 10.2. The highest BCUT2D eigenvalue weighted by Gasteiger charge is 2.04. The predicted molar refractivity (Wildman–Crippen MR) is 61.8 cm³/mol. The largest absolute Gasteiger partial charge is 0.462 e. The van der Waals surface area contributed by atoms with Gasteiger partial charge < -0.3 is 9.72 Å². The van der Waals surface area contributed by atoms with Crippen molar-refractivity contribution in [1.29, 1.82) is 0 Å². The first-order valence-corrected chi connectivity index (χ1v) is 5.14. The van der Waals surface area contributed by atoms with E-state index < -0.39 is 17.2 Å². The molecule has 2 N–H and O–H groups in total. The van der Waals surface area contributed by atoms with Crippen molar-refractivity contribution in [2.45, 2.75) is 19.8 Å². The normalized spacial score (nSPS) is 9.94. The molecule has 0 aliphatic rings. The number of hydrogen-bond donors (Lipinski definition) is 2. The average molecular weight is 238 g/mol. The van der Waals surface area contributed by atoms with Crippen LogP contribution in [0.15, 0.2) is 27.9 Å². The highest BCUT2D eigenvalue weighted by atomic mass is 16.5. The zero-order valence-electron chi connectivity index (χ0n) is 9.54. The summed E-state index contributed by atoms with van der Waals surface area (Å²) in [5, 5.41) is 0. The molecule has 1 rings (SSSR count). The number of aromatic amines is 2. The number of carbonyl (C=O) groups is 1. The van der Waals surface area contributed by atoms with Crippen LogP contribution < -0.4 is 11.2 Å². The van der Waals surface area contributed by atoms with Gasteiger partial charge in [-0.05, 0) is 19.8 Å². The number of esters is 1. The van der Waals surface area contributed by atoms with E-state index in [1.807, 2.05) is 0 Å². The third-order valence-corrected chi connectivity index (χ3v) is 2.07. The molecule has 0 aliphatic carbocycles. The van der Waals surface area contributed by atoms with Gasteiger partial charge in [-0.2, -0.15) is 0 Å². The molecule has 6 nitrogen and oxygen atoms in total. The fraction of sp³-hybridized carbons (Fsp3) is 0.364. The molecule has 0 spiro atoms. The van der Waals surface area contributed by atoms with E-state index in [1.54, 1.807) is 6.92 Å². The minimum absolute atomic E-state index is 0.213. The number of H-pyrrole nitrogens is 2. The van der Waals surface area contributed by atoms with E-state index >= 15 is 0 Å². The number of carbonyl (C=O) groups excluding carboxylic acids is 1. The van der Waals surface area contributed by atoms with Gasteiger partial charge in [-0.25, -0.2) is 9.59 Å². The van der Waals surface area contributed by atoms with Crippen molar-refractivity contribution >= 4 is 5.97 Å². The third kappa shape index (κ3) is 4.10. The standard InChI is InChI=1S/C11H14N2O4/c1-7(2)10(15)17-5-3-4-8-6-12-11(16)13-9(8)14/h6H,1,3-5H2,2H3,(H2,12,13,14,16). The summed E-state index contributed by atoms with van der Waals surface area (Å²) >= 11 is 0. The van der Waals surface area contributed by atoms with Crippen molar-refractivity contribution in [1.82, 2.24) is 9.97 Å². The minimum atomic E-state index is -0.535. The number of aryl methyl sites for hydroxylation is 1. The van der Waals surface area contributed by atoms with Gasteiger partial charge in [0.1, 0.15) is 0 Å². The van der Waals surface area contributed by atoms with Gasteiger partial charge in [-0.15, -0.1) is 0 Å². The van der Waals surface area contributed by atoms with Crippen molar-refractivity contribution in [3.05, 3.63) is 44.8 Å². The SMILES string of the molecule is C=C(C)C(=O)OCCCc1c[nH]c(=O)[nH]c1=O. The van der Waals surface area contributed by atoms with E-state index in [1.165, 1.54) is 6.20 Å². The van der Waals surface area contributed by atoms with Gasteiger partial charge in [-0.1, -0.05) is 6.58 Å². The van der Waals surface area contributed by atoms with Gasteiger partial charge in [-0.3, -0.25) is 9.78 Å². The molecule has 0 atom stereocenters. The number of nitrogens with one attached hydrogen (secondary N) is 2. The summed E-state index contributed by atoms with van der Waals surface area (Å²) in [6.45, 7) is 5.22. The lowest BCUT2D eigenvalue weighted by Gasteiger charge is -2.03. The van der Waals surface area contributed by atoms with E-state index in [4.69, 9.17) is 4.74 Å². The summed E-state index contributed by atoms with van der Waals surface area (Å²) in [7, 11) is 0. The maximum Gasteiger partial charge on any atom is 0.333 e. The quantitative estimate of drug-likeness (QED) is 0.433. The fourth-order valence-electron chi connectivity index (χ4n) is 1.17. The number of ether oxygens (including phenoxy) is 1. The summed E-state index contributed by atoms with van der Waals surface area (Å²) in [5.41, 5.74) is -0.157. The van der Waals surface area contributed by atoms with Crippen LogP contribution in [0.4, 0.5) is 0 Å². The molecule has 17 heavy (non-hydrogen) atoms. The van der Waals surface area contributed by atoms with E-state index in [2.05, 4.69) is 16.5 Å². The Labute approximate surface area is 97.3 Å². The topological polar surface area (TPSA) is 92.0 Å². The highest BCUT2D eigenvalue weighted by molar-refractivity contribution is 5.86. The molecule has 0 amide bonds. The van der Waals surface area contributed by atoms with Crippen LogP contribution in [0.1, 0.15) is 18.9 Å². The smallest absolute Gasteiger partial charge is 0.333 e. The van der Waals surface area contributed by atoms with Crippen LogP contribution in [0.5, 0.6) is 0 Å². The molecule has 0 bridgehead atoms. The molecule has 0 saturated carbocycles. The van der Waals surface area contributed by atoms with Crippen molar-refractivity contribution in [2.24, 2.45) is 0 Å². The summed E-state index contributed by atoms with van der Waals surface area (Å²) < 4.78 is 4.87. The van der Waals surface area contributed by atoms with Crippen LogP contribution in [0.2, 0.25) is 0 Å². The van der Waals surface area contributed by atoms with Crippen molar-refractivity contribution in [2.75, 3.05) is 6.61 Å². The molecular weight excluding hydrogens is 224 g/mol. The van der Waals surface area contributed by atoms with E-state index in [0.717, 1.165) is 0 Å². The lowest BCUT2D eigenvalue weighted by Crippen LogP contribution is -2.24. The number of hydrogen-bond acceptors (Lipinski definition) is 4. The molecule has 0 unspecified atom stereocenters. The predicted octanol–water partition coefficient (Wildman–Crippen LogP) is 0.115. The van der Waals surface area contributed by atoms with E-state index in [0.29, 0.717) is 24.0 Å². The Bertz CT molecular complexity index is 527. The number of aromatic nitrogens is 2. The first kappa shape index (κ1) is 13.0. The highest BCUT2D eigenvalue weighted by Crippen LogP contribution is 1.97. The number of rotatable bonds is 5. The van der Waals surface area contributed by atoms with Gasteiger partial charge in [0, 0.05) is 17.3 Å². The lowest BCUT2D eigenvalue weighted by molar-refractivity contribution is -0.139. The van der Waals surface area contributed by atoms with Crippen molar-refractivity contribution < 1.29 is 9.53 Å². The minimum Gasteiger partial charge on any atom is -0.462 e. The molecular formula is C11H14N2O4. The van der Waals surface area contributed by atoms with Gasteiger partial charge >= 0.3 is 11.7 Å². The van der Waals surface area contributed by atoms with Crippen molar-refractivity contribution in [3.63, 3.8) is 0 Å². The Kier molecular flexibility index (Phi) is 4.45.